The van der Waals surface area contributed by atoms with Gasteiger partial charge in [0.05, 0.1) is 16.5 Å². The van der Waals surface area contributed by atoms with Gasteiger partial charge >= 0.3 is 0 Å². The Labute approximate surface area is 232 Å². The molecule has 0 aromatic carbocycles. The number of fused-ring (bicyclic) bond motifs is 5. The van der Waals surface area contributed by atoms with Gasteiger partial charge in [0.25, 0.3) is 0 Å². The Morgan fingerprint density at radius 2 is 1.86 bits per heavy atom. The number of hydrogen-bond acceptors (Lipinski definition) is 4. The Morgan fingerprint density at radius 3 is 2.54 bits per heavy atom. The first-order chi connectivity index (χ1) is 17.4. The van der Waals surface area contributed by atoms with Crippen LogP contribution in [-0.4, -0.2) is 22.9 Å². The number of rotatable bonds is 6. The van der Waals surface area contributed by atoms with Crippen LogP contribution in [0, 0.1) is 52.3 Å². The number of nitrogens with one attached hydrogen (secondary N) is 1. The van der Waals surface area contributed by atoms with Gasteiger partial charge in [0.15, 0.2) is 0 Å². The van der Waals surface area contributed by atoms with Gasteiger partial charge < -0.3 is 10.4 Å². The van der Waals surface area contributed by atoms with Crippen molar-refractivity contribution < 1.29 is 14.7 Å². The summed E-state index contributed by atoms with van der Waals surface area (Å²) in [6.45, 7) is 11.5. The van der Waals surface area contributed by atoms with E-state index >= 15 is 0 Å². The van der Waals surface area contributed by atoms with Crippen molar-refractivity contribution >= 4 is 34.6 Å². The van der Waals surface area contributed by atoms with Crippen LogP contribution in [0.15, 0.2) is 12.1 Å². The first kappa shape index (κ1) is 27.6. The van der Waals surface area contributed by atoms with E-state index in [9.17, 15) is 14.7 Å². The molecule has 5 rings (SSSR count). The van der Waals surface area contributed by atoms with E-state index in [0.717, 1.165) is 47.7 Å². The molecule has 6 heteroatoms. The maximum absolute atomic E-state index is 13.3. The van der Waals surface area contributed by atoms with Crippen molar-refractivity contribution in [2.24, 2.45) is 52.3 Å². The number of carbonyl (C=O) groups excluding carboxylic acids is 2. The fourth-order valence-electron chi connectivity index (χ4n) is 9.72. The lowest BCUT2D eigenvalue weighted by Gasteiger charge is -2.61. The second kappa shape index (κ2) is 10.2. The molecule has 206 valence electrons. The molecule has 1 heterocycles. The van der Waals surface area contributed by atoms with Crippen LogP contribution in [0.5, 0.6) is 0 Å². The molecule has 4 aliphatic carbocycles. The molecule has 4 saturated carbocycles. The number of aliphatic hydroxyl groups excluding tert-OH is 1. The molecule has 1 amide bonds. The summed E-state index contributed by atoms with van der Waals surface area (Å²) in [5.74, 6) is 3.37. The van der Waals surface area contributed by atoms with Crippen molar-refractivity contribution in [1.82, 2.24) is 5.32 Å². The third kappa shape index (κ3) is 4.84. The van der Waals surface area contributed by atoms with E-state index < -0.39 is 0 Å². The van der Waals surface area contributed by atoms with Gasteiger partial charge in [-0.2, -0.15) is 0 Å². The highest BCUT2D eigenvalue weighted by molar-refractivity contribution is 7.16. The molecule has 1 aromatic rings. The van der Waals surface area contributed by atoms with Crippen molar-refractivity contribution in [3.8, 4) is 0 Å². The first-order valence-corrected chi connectivity index (χ1v) is 15.9. The van der Waals surface area contributed by atoms with Crippen LogP contribution in [-0.2, 0) is 9.59 Å². The van der Waals surface area contributed by atoms with Crippen molar-refractivity contribution in [2.75, 3.05) is 0 Å². The highest BCUT2D eigenvalue weighted by Gasteiger charge is 2.63. The molecule has 0 bridgehead atoms. The van der Waals surface area contributed by atoms with E-state index in [-0.39, 0.29) is 28.9 Å². The fourth-order valence-corrected chi connectivity index (χ4v) is 11.0. The van der Waals surface area contributed by atoms with Gasteiger partial charge in [-0.25, -0.2) is 0 Å². The number of halogens is 1. The molecule has 1 unspecified atom stereocenters. The lowest BCUT2D eigenvalue weighted by molar-refractivity contribution is -0.169. The molecule has 10 atom stereocenters. The molecule has 1 aromatic heterocycles. The summed E-state index contributed by atoms with van der Waals surface area (Å²) in [7, 11) is 0. The monoisotopic (exact) mass is 547 g/mol. The minimum Gasteiger partial charge on any atom is -0.393 e. The fraction of sp³-hybridized carbons (Fsp3) is 0.806. The molecular formula is C31H46ClNO3S. The topological polar surface area (TPSA) is 66.4 Å². The molecule has 0 aliphatic heterocycles. The van der Waals surface area contributed by atoms with Crippen LogP contribution in [0.3, 0.4) is 0 Å². The minimum atomic E-state index is -0.291. The molecule has 4 aliphatic rings. The SMILES string of the molecule is CC(C)C(NC(=O)C[C@@H](C)[C@H]1CC[C@H]2[C@@H]3[C@H](O)C[C@@H]4CC(=O)CC[C@]4(C)[C@H]3CC[C@]12C)c1ccc(Cl)s1. The quantitative estimate of drug-likeness (QED) is 0.389. The van der Waals surface area contributed by atoms with Gasteiger partial charge in [-0.15, -0.1) is 11.3 Å². The van der Waals surface area contributed by atoms with Gasteiger partial charge in [0.1, 0.15) is 5.78 Å². The summed E-state index contributed by atoms with van der Waals surface area (Å²) < 4.78 is 0.758. The zero-order valence-corrected chi connectivity index (χ0v) is 24.8. The summed E-state index contributed by atoms with van der Waals surface area (Å²) in [4.78, 5) is 26.6. The third-order valence-electron chi connectivity index (χ3n) is 11.7. The molecule has 0 saturated heterocycles. The van der Waals surface area contributed by atoms with E-state index in [0.29, 0.717) is 60.1 Å². The number of aliphatic hydroxyl groups is 1. The van der Waals surface area contributed by atoms with E-state index in [4.69, 9.17) is 11.6 Å². The summed E-state index contributed by atoms with van der Waals surface area (Å²) in [6, 6.07) is 3.94. The van der Waals surface area contributed by atoms with Gasteiger partial charge in [0.2, 0.25) is 5.91 Å². The number of thiophene rings is 1. The molecule has 2 N–H and O–H groups in total. The van der Waals surface area contributed by atoms with E-state index in [1.807, 2.05) is 12.1 Å². The smallest absolute Gasteiger partial charge is 0.220 e. The second-order valence-electron chi connectivity index (χ2n) is 13.9. The van der Waals surface area contributed by atoms with Crippen molar-refractivity contribution in [1.29, 1.82) is 0 Å². The minimum absolute atomic E-state index is 0.00648. The summed E-state index contributed by atoms with van der Waals surface area (Å²) in [5, 5.41) is 14.8. The van der Waals surface area contributed by atoms with Crippen LogP contribution >= 0.6 is 22.9 Å². The Kier molecular flexibility index (Phi) is 7.66. The number of carbonyl (C=O) groups is 2. The molecule has 0 radical (unpaired) electrons. The van der Waals surface area contributed by atoms with Crippen LogP contribution in [0.25, 0.3) is 0 Å². The van der Waals surface area contributed by atoms with Gasteiger partial charge in [-0.3, -0.25) is 9.59 Å². The average Bonchev–Trinajstić information content (AvgIpc) is 3.41. The predicted molar refractivity (Wildman–Crippen MR) is 150 cm³/mol. The van der Waals surface area contributed by atoms with Crippen LogP contribution < -0.4 is 5.32 Å². The van der Waals surface area contributed by atoms with E-state index in [2.05, 4.69) is 39.9 Å². The Morgan fingerprint density at radius 1 is 1.14 bits per heavy atom. The Bertz CT molecular complexity index is 1020. The molecule has 4 nitrogen and oxygen atoms in total. The van der Waals surface area contributed by atoms with Gasteiger partial charge in [0, 0.05) is 24.1 Å². The van der Waals surface area contributed by atoms with E-state index in [1.165, 1.54) is 6.42 Å². The summed E-state index contributed by atoms with van der Waals surface area (Å²) in [5.41, 5.74) is 0.369. The number of amides is 1. The molecular weight excluding hydrogens is 502 g/mol. The summed E-state index contributed by atoms with van der Waals surface area (Å²) >= 11 is 7.73. The first-order valence-electron chi connectivity index (χ1n) is 14.7. The molecule has 37 heavy (non-hydrogen) atoms. The van der Waals surface area contributed by atoms with Crippen molar-refractivity contribution in [2.45, 2.75) is 105 Å². The summed E-state index contributed by atoms with van der Waals surface area (Å²) in [6.07, 6.45) is 8.09. The maximum Gasteiger partial charge on any atom is 0.220 e. The standard InChI is InChI=1S/C31H46ClNO3S/c1-17(2)29(25-8-9-26(32)37-25)33-27(36)14-18(3)21-6-7-22-28-23(11-13-31(21,22)5)30(4)12-10-20(34)15-19(30)16-24(28)35/h8-9,17-19,21-24,28-29,35H,6-7,10-16H2,1-5H3,(H,33,36)/t18-,19+,21-,22+,23+,24-,28+,29?,30+,31-/m1/s1. The molecule has 4 fully saturated rings. The van der Waals surface area contributed by atoms with Crippen molar-refractivity contribution in [3.63, 3.8) is 0 Å². The largest absolute Gasteiger partial charge is 0.393 e. The Balaban J connectivity index is 1.28. The average molecular weight is 548 g/mol. The zero-order valence-electron chi connectivity index (χ0n) is 23.3. The van der Waals surface area contributed by atoms with Gasteiger partial charge in [-0.05, 0) is 103 Å². The number of ketones is 1. The Hall–Kier alpha value is -0.910. The second-order valence-corrected chi connectivity index (χ2v) is 15.6. The predicted octanol–water partition coefficient (Wildman–Crippen LogP) is 7.44. The van der Waals surface area contributed by atoms with Crippen molar-refractivity contribution in [3.05, 3.63) is 21.3 Å². The zero-order chi connectivity index (χ0) is 26.7. The number of hydrogen-bond donors (Lipinski definition) is 2. The lowest BCUT2D eigenvalue weighted by Crippen LogP contribution is -2.58. The lowest BCUT2D eigenvalue weighted by atomic mass is 9.44. The molecule has 0 spiro atoms. The van der Waals surface area contributed by atoms with Gasteiger partial charge in [-0.1, -0.05) is 46.2 Å². The highest BCUT2D eigenvalue weighted by Crippen LogP contribution is 2.68. The van der Waals surface area contributed by atoms with Crippen LogP contribution in [0.1, 0.15) is 103 Å². The third-order valence-corrected chi connectivity index (χ3v) is 13.0. The van der Waals surface area contributed by atoms with Crippen LogP contribution in [0.4, 0.5) is 0 Å². The van der Waals surface area contributed by atoms with Crippen LogP contribution in [0.2, 0.25) is 4.34 Å². The number of Topliss-reactive ketones (excluding diaryl/α,β-unsaturated/α-hetero) is 1. The maximum atomic E-state index is 13.3. The normalized spacial score (nSPS) is 41.0. The van der Waals surface area contributed by atoms with E-state index in [1.54, 1.807) is 11.3 Å². The highest BCUT2D eigenvalue weighted by atomic mass is 35.5.